The molecule has 4 rings (SSSR count). The Hall–Kier alpha value is -3.26. The highest BCUT2D eigenvalue weighted by Gasteiger charge is 2.24. The number of nitrogens with one attached hydrogen (secondary N) is 1. The summed E-state index contributed by atoms with van der Waals surface area (Å²) in [7, 11) is -3.40. The van der Waals surface area contributed by atoms with Crippen LogP contribution in [0.25, 0.3) is 11.1 Å². The SMILES string of the molecule is CC(C)(C)c1cc(-c2ccc3c(c2)CC/C3=N/NS(C)(=O)=O)cc(N2C=CC(=O)CC2=O)c1. The summed E-state index contributed by atoms with van der Waals surface area (Å²) in [6.07, 6.45) is 5.36. The van der Waals surface area contributed by atoms with Gasteiger partial charge in [-0.15, -0.1) is 0 Å². The monoisotopic (exact) mass is 465 g/mol. The highest BCUT2D eigenvalue weighted by Crippen LogP contribution is 2.35. The van der Waals surface area contributed by atoms with Crippen molar-refractivity contribution in [2.24, 2.45) is 5.10 Å². The van der Waals surface area contributed by atoms with Gasteiger partial charge in [0.15, 0.2) is 5.78 Å². The number of rotatable bonds is 4. The second-order valence-electron chi connectivity index (χ2n) is 9.54. The van der Waals surface area contributed by atoms with Gasteiger partial charge in [-0.2, -0.15) is 5.10 Å². The molecule has 0 atom stereocenters. The molecule has 0 aromatic heterocycles. The number of ketones is 1. The van der Waals surface area contributed by atoms with Crippen molar-refractivity contribution in [1.82, 2.24) is 4.83 Å². The van der Waals surface area contributed by atoms with Crippen molar-refractivity contribution >= 4 is 33.1 Å². The average molecular weight is 466 g/mol. The van der Waals surface area contributed by atoms with Crippen LogP contribution in [0.15, 0.2) is 53.8 Å². The standard InChI is InChI=1S/C25H27N3O4S/c1-25(2,3)19-12-18(13-20(14-19)28-10-9-21(29)15-24(28)30)16-5-7-22-17(11-16)6-8-23(22)26-27-33(4,31)32/h5,7,9-14,27H,6,8,15H2,1-4H3/b26-23-. The van der Waals surface area contributed by atoms with Crippen molar-refractivity contribution in [2.45, 2.75) is 45.4 Å². The zero-order valence-electron chi connectivity index (χ0n) is 19.2. The summed E-state index contributed by atoms with van der Waals surface area (Å²) < 4.78 is 22.8. The summed E-state index contributed by atoms with van der Waals surface area (Å²) in [6, 6.07) is 12.1. The lowest BCUT2D eigenvalue weighted by atomic mass is 9.84. The Morgan fingerprint density at radius 2 is 1.76 bits per heavy atom. The Kier molecular flexibility index (Phi) is 5.74. The van der Waals surface area contributed by atoms with Gasteiger partial charge in [0.25, 0.3) is 0 Å². The molecule has 0 saturated heterocycles. The van der Waals surface area contributed by atoms with Gasteiger partial charge in [-0.25, -0.2) is 13.2 Å². The van der Waals surface area contributed by atoms with E-state index in [1.54, 1.807) is 6.20 Å². The quantitative estimate of drug-likeness (QED) is 0.550. The van der Waals surface area contributed by atoms with E-state index in [1.165, 1.54) is 11.0 Å². The third-order valence-corrected chi connectivity index (χ3v) is 6.22. The predicted octanol–water partition coefficient (Wildman–Crippen LogP) is 3.67. The fourth-order valence-electron chi connectivity index (χ4n) is 4.02. The molecule has 0 spiro atoms. The number of fused-ring (bicyclic) bond motifs is 1. The average Bonchev–Trinajstić information content (AvgIpc) is 3.13. The van der Waals surface area contributed by atoms with E-state index in [4.69, 9.17) is 0 Å². The largest absolute Gasteiger partial charge is 0.294 e. The first-order valence-electron chi connectivity index (χ1n) is 10.8. The predicted molar refractivity (Wildman–Crippen MR) is 130 cm³/mol. The third-order valence-electron chi connectivity index (χ3n) is 5.79. The Morgan fingerprint density at radius 1 is 1.00 bits per heavy atom. The van der Waals surface area contributed by atoms with E-state index in [-0.39, 0.29) is 23.5 Å². The van der Waals surface area contributed by atoms with Gasteiger partial charge in [-0.1, -0.05) is 45.0 Å². The van der Waals surface area contributed by atoms with Gasteiger partial charge in [0.05, 0.1) is 18.4 Å². The minimum absolute atomic E-state index is 0.131. The second kappa shape index (κ2) is 8.26. The molecule has 1 aliphatic carbocycles. The zero-order valence-corrected chi connectivity index (χ0v) is 20.0. The summed E-state index contributed by atoms with van der Waals surface area (Å²) >= 11 is 0. The molecule has 0 unspecified atom stereocenters. The third kappa shape index (κ3) is 5.06. The number of hydrogen-bond donors (Lipinski definition) is 1. The fourth-order valence-corrected chi connectivity index (χ4v) is 4.29. The van der Waals surface area contributed by atoms with Crippen LogP contribution in [-0.2, 0) is 31.4 Å². The van der Waals surface area contributed by atoms with Gasteiger partial charge in [0.1, 0.15) is 0 Å². The van der Waals surface area contributed by atoms with Crippen LogP contribution in [0.2, 0.25) is 0 Å². The summed E-state index contributed by atoms with van der Waals surface area (Å²) in [6.45, 7) is 6.36. The van der Waals surface area contributed by atoms with E-state index >= 15 is 0 Å². The summed E-state index contributed by atoms with van der Waals surface area (Å²) in [5.41, 5.74) is 6.40. The topological polar surface area (TPSA) is 95.9 Å². The summed E-state index contributed by atoms with van der Waals surface area (Å²) in [5, 5.41) is 4.07. The molecule has 0 fully saturated rings. The lowest BCUT2D eigenvalue weighted by molar-refractivity contribution is -0.124. The van der Waals surface area contributed by atoms with Crippen LogP contribution in [-0.4, -0.2) is 32.1 Å². The van der Waals surface area contributed by atoms with E-state index in [9.17, 15) is 18.0 Å². The number of carbonyl (C=O) groups is 2. The number of carbonyl (C=O) groups excluding carboxylic acids is 2. The molecule has 8 heteroatoms. The molecule has 1 N–H and O–H groups in total. The van der Waals surface area contributed by atoms with Crippen molar-refractivity contribution < 1.29 is 18.0 Å². The molecule has 172 valence electrons. The Bertz CT molecular complexity index is 1320. The van der Waals surface area contributed by atoms with Gasteiger partial charge in [0, 0.05) is 17.5 Å². The molecule has 1 heterocycles. The lowest BCUT2D eigenvalue weighted by Gasteiger charge is -2.26. The van der Waals surface area contributed by atoms with Crippen LogP contribution < -0.4 is 9.73 Å². The van der Waals surface area contributed by atoms with Gasteiger partial charge < -0.3 is 0 Å². The maximum atomic E-state index is 12.5. The number of hydrogen-bond acceptors (Lipinski definition) is 5. The minimum Gasteiger partial charge on any atom is -0.294 e. The Labute approximate surface area is 194 Å². The first-order valence-corrected chi connectivity index (χ1v) is 12.7. The van der Waals surface area contributed by atoms with E-state index < -0.39 is 10.0 Å². The molecule has 2 aromatic carbocycles. The number of amides is 1. The molecule has 2 aromatic rings. The number of nitrogens with zero attached hydrogens (tertiary/aromatic N) is 2. The number of hydrazone groups is 1. The van der Waals surface area contributed by atoms with Crippen LogP contribution in [0, 0.1) is 0 Å². The van der Waals surface area contributed by atoms with E-state index in [0.29, 0.717) is 6.42 Å². The van der Waals surface area contributed by atoms with Gasteiger partial charge in [-0.3, -0.25) is 14.5 Å². The van der Waals surface area contributed by atoms with Crippen LogP contribution >= 0.6 is 0 Å². The lowest BCUT2D eigenvalue weighted by Crippen LogP contribution is -2.31. The molecule has 0 saturated carbocycles. The van der Waals surface area contributed by atoms with Crippen LogP contribution in [0.1, 0.15) is 50.3 Å². The molecular weight excluding hydrogens is 438 g/mol. The summed E-state index contributed by atoms with van der Waals surface area (Å²) in [4.78, 5) is 27.9. The number of aryl methyl sites for hydroxylation is 1. The first-order chi connectivity index (χ1) is 15.4. The first kappa shape index (κ1) is 22.9. The Balaban J connectivity index is 1.76. The van der Waals surface area contributed by atoms with Crippen LogP contribution in [0.4, 0.5) is 5.69 Å². The van der Waals surface area contributed by atoms with Crippen molar-refractivity contribution in [3.05, 3.63) is 65.4 Å². The molecule has 1 amide bonds. The van der Waals surface area contributed by atoms with Crippen molar-refractivity contribution in [2.75, 3.05) is 11.2 Å². The molecule has 0 bridgehead atoms. The summed E-state index contributed by atoms with van der Waals surface area (Å²) in [5.74, 6) is -0.433. The van der Waals surface area contributed by atoms with E-state index in [0.717, 1.165) is 51.9 Å². The van der Waals surface area contributed by atoms with Gasteiger partial charge in [0.2, 0.25) is 15.9 Å². The van der Waals surface area contributed by atoms with Gasteiger partial charge >= 0.3 is 0 Å². The minimum atomic E-state index is -3.40. The second-order valence-corrected chi connectivity index (χ2v) is 11.3. The molecular formula is C25H27N3O4S. The maximum Gasteiger partial charge on any atom is 0.244 e. The van der Waals surface area contributed by atoms with Crippen molar-refractivity contribution in [3.63, 3.8) is 0 Å². The number of benzene rings is 2. The van der Waals surface area contributed by atoms with E-state index in [1.807, 2.05) is 24.3 Å². The van der Waals surface area contributed by atoms with Crippen molar-refractivity contribution in [1.29, 1.82) is 0 Å². The Morgan fingerprint density at radius 3 is 2.42 bits per heavy atom. The molecule has 33 heavy (non-hydrogen) atoms. The fraction of sp³-hybridized carbons (Fsp3) is 0.320. The number of allylic oxidation sites excluding steroid dienone is 1. The van der Waals surface area contributed by atoms with Crippen LogP contribution in [0.3, 0.4) is 0 Å². The smallest absolute Gasteiger partial charge is 0.244 e. The van der Waals surface area contributed by atoms with Crippen molar-refractivity contribution in [3.8, 4) is 11.1 Å². The molecule has 7 nitrogen and oxygen atoms in total. The normalized spacial score (nSPS) is 17.6. The molecule has 0 radical (unpaired) electrons. The molecule has 1 aliphatic heterocycles. The number of sulfonamides is 1. The van der Waals surface area contributed by atoms with Crippen LogP contribution in [0.5, 0.6) is 0 Å². The molecule has 2 aliphatic rings. The van der Waals surface area contributed by atoms with Gasteiger partial charge in [-0.05, 0) is 58.7 Å². The highest BCUT2D eigenvalue weighted by atomic mass is 32.2. The zero-order chi connectivity index (χ0) is 24.0. The number of anilines is 1. The maximum absolute atomic E-state index is 12.5. The van der Waals surface area contributed by atoms with E-state index in [2.05, 4.69) is 42.8 Å². The highest BCUT2D eigenvalue weighted by molar-refractivity contribution is 7.88.